The summed E-state index contributed by atoms with van der Waals surface area (Å²) in [6, 6.07) is 5.55. The van der Waals surface area contributed by atoms with Gasteiger partial charge in [0.1, 0.15) is 5.75 Å². The Bertz CT molecular complexity index is 456. The summed E-state index contributed by atoms with van der Waals surface area (Å²) in [7, 11) is 0. The number of nitrogens with one attached hydrogen (secondary N) is 1. The van der Waals surface area contributed by atoms with Crippen LogP contribution in [0.3, 0.4) is 0 Å². The summed E-state index contributed by atoms with van der Waals surface area (Å²) < 4.78 is 5.40. The number of hydrogen-bond donors (Lipinski definition) is 2. The lowest BCUT2D eigenvalue weighted by Crippen LogP contribution is -2.28. The van der Waals surface area contributed by atoms with Crippen molar-refractivity contribution in [1.29, 1.82) is 0 Å². The number of aryl methyl sites for hydroxylation is 1. The van der Waals surface area contributed by atoms with E-state index >= 15 is 0 Å². The van der Waals surface area contributed by atoms with Crippen LogP contribution in [0.2, 0.25) is 0 Å². The maximum atomic E-state index is 11.3. The minimum atomic E-state index is -0.357. The van der Waals surface area contributed by atoms with Crippen LogP contribution in [-0.4, -0.2) is 24.2 Å². The SMILES string of the molecule is C=CCNC(=O)COc1ccc2c(c1)CC[C@H]2O. The van der Waals surface area contributed by atoms with Crippen molar-refractivity contribution in [2.75, 3.05) is 13.2 Å². The second-order valence-corrected chi connectivity index (χ2v) is 4.30. The number of rotatable bonds is 5. The van der Waals surface area contributed by atoms with Crippen molar-refractivity contribution in [2.24, 2.45) is 0 Å². The Balaban J connectivity index is 1.91. The van der Waals surface area contributed by atoms with Gasteiger partial charge in [0.25, 0.3) is 5.91 Å². The van der Waals surface area contributed by atoms with Gasteiger partial charge in [-0.1, -0.05) is 12.1 Å². The molecule has 0 unspecified atom stereocenters. The molecule has 0 heterocycles. The van der Waals surface area contributed by atoms with E-state index < -0.39 is 0 Å². The molecule has 0 saturated carbocycles. The van der Waals surface area contributed by atoms with Crippen molar-refractivity contribution < 1.29 is 14.6 Å². The monoisotopic (exact) mass is 247 g/mol. The van der Waals surface area contributed by atoms with Gasteiger partial charge in [-0.25, -0.2) is 0 Å². The van der Waals surface area contributed by atoms with Crippen molar-refractivity contribution in [3.63, 3.8) is 0 Å². The van der Waals surface area contributed by atoms with Gasteiger partial charge in [0.2, 0.25) is 0 Å². The molecule has 1 aliphatic rings. The topological polar surface area (TPSA) is 58.6 Å². The molecule has 1 aliphatic carbocycles. The highest BCUT2D eigenvalue weighted by Crippen LogP contribution is 2.33. The predicted molar refractivity (Wildman–Crippen MR) is 68.4 cm³/mol. The van der Waals surface area contributed by atoms with E-state index in [0.29, 0.717) is 12.3 Å². The Hall–Kier alpha value is -1.81. The minimum absolute atomic E-state index is 0.00478. The molecule has 0 fully saturated rings. The third kappa shape index (κ3) is 2.90. The lowest BCUT2D eigenvalue weighted by atomic mass is 10.1. The Morgan fingerprint density at radius 2 is 2.44 bits per heavy atom. The van der Waals surface area contributed by atoms with E-state index in [-0.39, 0.29) is 18.6 Å². The second-order valence-electron chi connectivity index (χ2n) is 4.30. The van der Waals surface area contributed by atoms with E-state index in [1.807, 2.05) is 12.1 Å². The van der Waals surface area contributed by atoms with Gasteiger partial charge in [-0.15, -0.1) is 6.58 Å². The third-order valence-electron chi connectivity index (χ3n) is 2.97. The molecule has 96 valence electrons. The standard InChI is InChI=1S/C14H17NO3/c1-2-7-15-14(17)9-18-11-4-5-12-10(8-11)3-6-13(12)16/h2,4-5,8,13,16H,1,3,6-7,9H2,(H,15,17)/t13-/m1/s1. The van der Waals surface area contributed by atoms with E-state index in [1.54, 1.807) is 12.1 Å². The lowest BCUT2D eigenvalue weighted by molar-refractivity contribution is -0.122. The van der Waals surface area contributed by atoms with Crippen molar-refractivity contribution >= 4 is 5.91 Å². The molecule has 0 aliphatic heterocycles. The van der Waals surface area contributed by atoms with Crippen molar-refractivity contribution in [3.05, 3.63) is 42.0 Å². The fourth-order valence-corrected chi connectivity index (χ4v) is 2.05. The highest BCUT2D eigenvalue weighted by Gasteiger charge is 2.20. The van der Waals surface area contributed by atoms with Crippen molar-refractivity contribution in [3.8, 4) is 5.75 Å². The maximum Gasteiger partial charge on any atom is 0.258 e. The smallest absolute Gasteiger partial charge is 0.258 e. The van der Waals surface area contributed by atoms with E-state index in [4.69, 9.17) is 4.74 Å². The van der Waals surface area contributed by atoms with E-state index in [1.165, 1.54) is 0 Å². The van der Waals surface area contributed by atoms with Crippen LogP contribution in [0.1, 0.15) is 23.7 Å². The van der Waals surface area contributed by atoms with Gasteiger partial charge < -0.3 is 15.2 Å². The summed E-state index contributed by atoms with van der Waals surface area (Å²) in [5.74, 6) is 0.493. The number of fused-ring (bicyclic) bond motifs is 1. The third-order valence-corrected chi connectivity index (χ3v) is 2.97. The molecule has 4 nitrogen and oxygen atoms in total. The average Bonchev–Trinajstić information content (AvgIpc) is 2.75. The summed E-state index contributed by atoms with van der Waals surface area (Å²) in [5, 5.41) is 12.3. The van der Waals surface area contributed by atoms with E-state index in [9.17, 15) is 9.90 Å². The molecule has 0 aromatic heterocycles. The van der Waals surface area contributed by atoms with Crippen LogP contribution in [0, 0.1) is 0 Å². The van der Waals surface area contributed by atoms with Crippen LogP contribution in [-0.2, 0) is 11.2 Å². The maximum absolute atomic E-state index is 11.3. The first kappa shape index (κ1) is 12.6. The molecule has 0 saturated heterocycles. The normalized spacial score (nSPS) is 17.1. The van der Waals surface area contributed by atoms with Gasteiger partial charge in [-0.3, -0.25) is 4.79 Å². The van der Waals surface area contributed by atoms with Gasteiger partial charge in [-0.2, -0.15) is 0 Å². The van der Waals surface area contributed by atoms with Crippen LogP contribution in [0.4, 0.5) is 0 Å². The largest absolute Gasteiger partial charge is 0.484 e. The van der Waals surface area contributed by atoms with E-state index in [0.717, 1.165) is 24.0 Å². The van der Waals surface area contributed by atoms with Crippen LogP contribution in [0.15, 0.2) is 30.9 Å². The zero-order valence-corrected chi connectivity index (χ0v) is 10.2. The number of carbonyl (C=O) groups is 1. The van der Waals surface area contributed by atoms with Crippen LogP contribution in [0.5, 0.6) is 5.75 Å². The summed E-state index contributed by atoms with van der Waals surface area (Å²) >= 11 is 0. The van der Waals surface area contributed by atoms with Gasteiger partial charge in [0.15, 0.2) is 6.61 Å². The molecule has 0 radical (unpaired) electrons. The molecule has 2 N–H and O–H groups in total. The average molecular weight is 247 g/mol. The summed E-state index contributed by atoms with van der Waals surface area (Å²) in [6.07, 6.45) is 2.88. The predicted octanol–water partition coefficient (Wildman–Crippen LogP) is 1.35. The van der Waals surface area contributed by atoms with Gasteiger partial charge in [-0.05, 0) is 36.1 Å². The number of carbonyl (C=O) groups excluding carboxylic acids is 1. The zero-order valence-electron chi connectivity index (χ0n) is 10.2. The number of aliphatic hydroxyl groups is 1. The minimum Gasteiger partial charge on any atom is -0.484 e. The molecule has 1 aromatic rings. The number of amides is 1. The van der Waals surface area contributed by atoms with Crippen LogP contribution >= 0.6 is 0 Å². The fourth-order valence-electron chi connectivity index (χ4n) is 2.05. The Kier molecular flexibility index (Phi) is 3.99. The summed E-state index contributed by atoms with van der Waals surface area (Å²) in [4.78, 5) is 11.3. The molecular weight excluding hydrogens is 230 g/mol. The Morgan fingerprint density at radius 3 is 3.22 bits per heavy atom. The molecule has 0 bridgehead atoms. The Morgan fingerprint density at radius 1 is 1.61 bits per heavy atom. The molecule has 1 amide bonds. The molecule has 1 aromatic carbocycles. The van der Waals surface area contributed by atoms with Crippen LogP contribution < -0.4 is 10.1 Å². The highest BCUT2D eigenvalue weighted by molar-refractivity contribution is 5.77. The van der Waals surface area contributed by atoms with E-state index in [2.05, 4.69) is 11.9 Å². The van der Waals surface area contributed by atoms with Crippen molar-refractivity contribution in [1.82, 2.24) is 5.32 Å². The molecule has 18 heavy (non-hydrogen) atoms. The first-order valence-corrected chi connectivity index (χ1v) is 6.02. The van der Waals surface area contributed by atoms with Gasteiger partial charge in [0.05, 0.1) is 6.10 Å². The molecular formula is C14H17NO3. The number of ether oxygens (including phenoxy) is 1. The van der Waals surface area contributed by atoms with Gasteiger partial charge in [0, 0.05) is 6.54 Å². The Labute approximate surface area is 106 Å². The van der Waals surface area contributed by atoms with Crippen molar-refractivity contribution in [2.45, 2.75) is 18.9 Å². The first-order valence-electron chi connectivity index (χ1n) is 6.02. The second kappa shape index (κ2) is 5.69. The van der Waals surface area contributed by atoms with Gasteiger partial charge >= 0.3 is 0 Å². The number of benzene rings is 1. The molecule has 4 heteroatoms. The summed E-state index contributed by atoms with van der Waals surface area (Å²) in [5.41, 5.74) is 2.07. The first-order chi connectivity index (χ1) is 8.70. The quantitative estimate of drug-likeness (QED) is 0.772. The molecule has 0 spiro atoms. The number of aliphatic hydroxyl groups excluding tert-OH is 1. The highest BCUT2D eigenvalue weighted by atomic mass is 16.5. The zero-order chi connectivity index (χ0) is 13.0. The lowest BCUT2D eigenvalue weighted by Gasteiger charge is -2.08. The molecule has 2 rings (SSSR count). The molecule has 1 atom stereocenters. The fraction of sp³-hybridized carbons (Fsp3) is 0.357. The summed E-state index contributed by atoms with van der Waals surface area (Å²) in [6.45, 7) is 3.96. The number of hydrogen-bond acceptors (Lipinski definition) is 3. The van der Waals surface area contributed by atoms with Crippen LogP contribution in [0.25, 0.3) is 0 Å².